The van der Waals surface area contributed by atoms with Crippen LogP contribution < -0.4 is 5.73 Å². The number of ketones is 1. The van der Waals surface area contributed by atoms with Crippen LogP contribution in [-0.4, -0.2) is 12.3 Å². The highest BCUT2D eigenvalue weighted by Gasteiger charge is 2.13. The highest BCUT2D eigenvalue weighted by molar-refractivity contribution is 5.93. The van der Waals surface area contributed by atoms with Crippen LogP contribution >= 0.6 is 0 Å². The number of hydrogen-bond donors (Lipinski definition) is 1. The van der Waals surface area contributed by atoms with Crippen molar-refractivity contribution in [3.05, 3.63) is 12.2 Å². The van der Waals surface area contributed by atoms with Crippen molar-refractivity contribution < 1.29 is 4.79 Å². The molecule has 0 radical (unpaired) electrons. The summed E-state index contributed by atoms with van der Waals surface area (Å²) in [6.07, 6.45) is 3.78. The van der Waals surface area contributed by atoms with Crippen molar-refractivity contribution in [2.75, 3.05) is 6.54 Å². The third-order valence-corrected chi connectivity index (χ3v) is 2.94. The molecule has 0 aromatic carbocycles. The van der Waals surface area contributed by atoms with Gasteiger partial charge in [-0.2, -0.15) is 0 Å². The molecule has 1 atom stereocenters. The Bertz CT molecular complexity index is 209. The quantitative estimate of drug-likeness (QED) is 0.627. The molecule has 0 spiro atoms. The van der Waals surface area contributed by atoms with Gasteiger partial charge in [0, 0.05) is 6.42 Å². The summed E-state index contributed by atoms with van der Waals surface area (Å²) in [5, 5.41) is 0. The first kappa shape index (κ1) is 14.4. The first-order valence-electron chi connectivity index (χ1n) is 5.87. The zero-order valence-corrected chi connectivity index (χ0v) is 10.4. The Morgan fingerprint density at radius 3 is 2.33 bits per heavy atom. The number of nitrogens with two attached hydrogens (primary N) is 1. The molecule has 0 saturated heterocycles. The van der Waals surface area contributed by atoms with Crippen LogP contribution in [0.4, 0.5) is 0 Å². The Kier molecular flexibility index (Phi) is 7.31. The van der Waals surface area contributed by atoms with Gasteiger partial charge in [-0.05, 0) is 50.1 Å². The number of carbonyl (C=O) groups is 1. The van der Waals surface area contributed by atoms with Crippen molar-refractivity contribution in [2.24, 2.45) is 17.6 Å². The van der Waals surface area contributed by atoms with Crippen LogP contribution in [0.2, 0.25) is 0 Å². The molecular weight excluding hydrogens is 186 g/mol. The summed E-state index contributed by atoms with van der Waals surface area (Å²) in [5.41, 5.74) is 6.24. The fraction of sp³-hybridized carbons (Fsp3) is 0.769. The second-order valence-electron chi connectivity index (χ2n) is 4.68. The van der Waals surface area contributed by atoms with Crippen molar-refractivity contribution in [2.45, 2.75) is 46.5 Å². The predicted octanol–water partition coefficient (Wildman–Crippen LogP) is 2.92. The van der Waals surface area contributed by atoms with Crippen LogP contribution in [0.5, 0.6) is 0 Å². The van der Waals surface area contributed by atoms with E-state index in [9.17, 15) is 4.79 Å². The molecule has 88 valence electrons. The molecule has 15 heavy (non-hydrogen) atoms. The van der Waals surface area contributed by atoms with E-state index >= 15 is 0 Å². The van der Waals surface area contributed by atoms with E-state index in [1.807, 2.05) is 0 Å². The molecule has 0 aliphatic heterocycles. The summed E-state index contributed by atoms with van der Waals surface area (Å²) in [6, 6.07) is 0. The SMILES string of the molecule is C=C(C)C(=O)CCCC(CCN)C(C)C. The van der Waals surface area contributed by atoms with Gasteiger partial charge in [0.05, 0.1) is 0 Å². The van der Waals surface area contributed by atoms with E-state index in [1.165, 1.54) is 0 Å². The predicted molar refractivity (Wildman–Crippen MR) is 65.7 cm³/mol. The Morgan fingerprint density at radius 1 is 1.33 bits per heavy atom. The number of carbonyl (C=O) groups excluding carboxylic acids is 1. The number of allylic oxidation sites excluding steroid dienone is 1. The lowest BCUT2D eigenvalue weighted by atomic mass is 9.87. The molecule has 0 heterocycles. The van der Waals surface area contributed by atoms with Crippen LogP contribution in [0.25, 0.3) is 0 Å². The molecule has 0 fully saturated rings. The van der Waals surface area contributed by atoms with Gasteiger partial charge in [0.1, 0.15) is 0 Å². The van der Waals surface area contributed by atoms with Gasteiger partial charge in [-0.25, -0.2) is 0 Å². The van der Waals surface area contributed by atoms with E-state index in [-0.39, 0.29) is 5.78 Å². The van der Waals surface area contributed by atoms with E-state index in [2.05, 4.69) is 20.4 Å². The maximum atomic E-state index is 11.3. The largest absolute Gasteiger partial charge is 0.330 e. The second-order valence-corrected chi connectivity index (χ2v) is 4.68. The lowest BCUT2D eigenvalue weighted by Gasteiger charge is -2.19. The van der Waals surface area contributed by atoms with E-state index < -0.39 is 0 Å². The first-order chi connectivity index (χ1) is 6.99. The highest BCUT2D eigenvalue weighted by atomic mass is 16.1. The molecule has 1 unspecified atom stereocenters. The lowest BCUT2D eigenvalue weighted by Crippen LogP contribution is -2.14. The van der Waals surface area contributed by atoms with E-state index in [1.54, 1.807) is 6.92 Å². The standard InChI is InChI=1S/C13H25NO/c1-10(2)12(8-9-14)6-5-7-13(15)11(3)4/h10,12H,3,5-9,14H2,1-2,4H3. The number of Topliss-reactive ketones (excluding diaryl/α,β-unsaturated/α-hetero) is 1. The van der Waals surface area contributed by atoms with Gasteiger partial charge in [-0.15, -0.1) is 0 Å². The maximum Gasteiger partial charge on any atom is 0.157 e. The van der Waals surface area contributed by atoms with Crippen molar-refractivity contribution in [3.63, 3.8) is 0 Å². The van der Waals surface area contributed by atoms with E-state index in [4.69, 9.17) is 5.73 Å². The van der Waals surface area contributed by atoms with Crippen LogP contribution in [0.3, 0.4) is 0 Å². The van der Waals surface area contributed by atoms with Crippen LogP contribution in [0.15, 0.2) is 12.2 Å². The summed E-state index contributed by atoms with van der Waals surface area (Å²) >= 11 is 0. The minimum Gasteiger partial charge on any atom is -0.330 e. The number of rotatable bonds is 8. The van der Waals surface area contributed by atoms with Gasteiger partial charge in [-0.3, -0.25) is 4.79 Å². The van der Waals surface area contributed by atoms with Gasteiger partial charge >= 0.3 is 0 Å². The van der Waals surface area contributed by atoms with Gasteiger partial charge in [0.25, 0.3) is 0 Å². The fourth-order valence-corrected chi connectivity index (χ4v) is 1.76. The minimum atomic E-state index is 0.199. The number of hydrogen-bond acceptors (Lipinski definition) is 2. The van der Waals surface area contributed by atoms with Gasteiger partial charge in [0.2, 0.25) is 0 Å². The molecule has 0 bridgehead atoms. The summed E-state index contributed by atoms with van der Waals surface area (Å²) in [7, 11) is 0. The molecule has 2 nitrogen and oxygen atoms in total. The topological polar surface area (TPSA) is 43.1 Å². The summed E-state index contributed by atoms with van der Waals surface area (Å²) in [6.45, 7) is 10.6. The average molecular weight is 211 g/mol. The lowest BCUT2D eigenvalue weighted by molar-refractivity contribution is -0.115. The van der Waals surface area contributed by atoms with Crippen molar-refractivity contribution >= 4 is 5.78 Å². The summed E-state index contributed by atoms with van der Waals surface area (Å²) in [4.78, 5) is 11.3. The van der Waals surface area contributed by atoms with Crippen molar-refractivity contribution in [3.8, 4) is 0 Å². The van der Waals surface area contributed by atoms with Crippen molar-refractivity contribution in [1.82, 2.24) is 0 Å². The normalized spacial score (nSPS) is 12.9. The zero-order valence-electron chi connectivity index (χ0n) is 10.4. The zero-order chi connectivity index (χ0) is 11.8. The van der Waals surface area contributed by atoms with Crippen LogP contribution in [0, 0.1) is 11.8 Å². The smallest absolute Gasteiger partial charge is 0.157 e. The molecule has 0 aromatic heterocycles. The van der Waals surface area contributed by atoms with Crippen LogP contribution in [-0.2, 0) is 4.79 Å². The third kappa shape index (κ3) is 6.45. The monoisotopic (exact) mass is 211 g/mol. The second kappa shape index (κ2) is 7.63. The molecule has 0 rings (SSSR count). The summed E-state index contributed by atoms with van der Waals surface area (Å²) in [5.74, 6) is 1.52. The first-order valence-corrected chi connectivity index (χ1v) is 5.87. The van der Waals surface area contributed by atoms with Gasteiger partial charge in [-0.1, -0.05) is 20.4 Å². The Morgan fingerprint density at radius 2 is 1.93 bits per heavy atom. The third-order valence-electron chi connectivity index (χ3n) is 2.94. The molecule has 0 aromatic rings. The molecular formula is C13H25NO. The molecule has 0 saturated carbocycles. The molecule has 0 amide bonds. The molecule has 0 aliphatic rings. The van der Waals surface area contributed by atoms with E-state index in [0.29, 0.717) is 23.8 Å². The fourth-order valence-electron chi connectivity index (χ4n) is 1.76. The Labute approximate surface area is 93.9 Å². The molecule has 2 N–H and O–H groups in total. The Hall–Kier alpha value is -0.630. The maximum absolute atomic E-state index is 11.3. The van der Waals surface area contributed by atoms with Crippen molar-refractivity contribution in [1.29, 1.82) is 0 Å². The Balaban J connectivity index is 3.80. The van der Waals surface area contributed by atoms with Crippen LogP contribution in [0.1, 0.15) is 46.5 Å². The highest BCUT2D eigenvalue weighted by Crippen LogP contribution is 2.21. The van der Waals surface area contributed by atoms with Gasteiger partial charge in [0.15, 0.2) is 5.78 Å². The minimum absolute atomic E-state index is 0.199. The molecule has 0 aliphatic carbocycles. The molecule has 2 heteroatoms. The van der Waals surface area contributed by atoms with Gasteiger partial charge < -0.3 is 5.73 Å². The average Bonchev–Trinajstić information content (AvgIpc) is 2.15. The van der Waals surface area contributed by atoms with E-state index in [0.717, 1.165) is 25.8 Å². The summed E-state index contributed by atoms with van der Waals surface area (Å²) < 4.78 is 0.